The summed E-state index contributed by atoms with van der Waals surface area (Å²) in [7, 11) is 0. The molecule has 2 N–H and O–H groups in total. The van der Waals surface area contributed by atoms with Gasteiger partial charge in [0.15, 0.2) is 0 Å². The van der Waals surface area contributed by atoms with Crippen LogP contribution in [0.25, 0.3) is 0 Å². The minimum Gasteiger partial charge on any atom is -0.367 e. The molecule has 1 aromatic rings. The van der Waals surface area contributed by atoms with Gasteiger partial charge in [-0.25, -0.2) is 0 Å². The fourth-order valence-corrected chi connectivity index (χ4v) is 1.39. The average Bonchev–Trinajstić information content (AvgIpc) is 2.74. The SMILES string of the molecule is N#CC1(CNCc2cc[nH]c2)CC1. The monoisotopic (exact) mass is 175 g/mol. The van der Waals surface area contributed by atoms with Crippen molar-refractivity contribution in [3.05, 3.63) is 24.0 Å². The number of nitriles is 1. The zero-order chi connectivity index (χ0) is 9.15. The molecule has 13 heavy (non-hydrogen) atoms. The summed E-state index contributed by atoms with van der Waals surface area (Å²) in [6.45, 7) is 1.68. The van der Waals surface area contributed by atoms with Gasteiger partial charge >= 0.3 is 0 Å². The van der Waals surface area contributed by atoms with Crippen LogP contribution < -0.4 is 5.32 Å². The maximum absolute atomic E-state index is 8.82. The third-order valence-corrected chi connectivity index (χ3v) is 2.55. The second kappa shape index (κ2) is 3.23. The first-order chi connectivity index (χ1) is 6.35. The van der Waals surface area contributed by atoms with Crippen molar-refractivity contribution >= 4 is 0 Å². The van der Waals surface area contributed by atoms with Crippen molar-refractivity contribution in [1.82, 2.24) is 10.3 Å². The molecule has 0 unspecified atom stereocenters. The van der Waals surface area contributed by atoms with Crippen molar-refractivity contribution in [2.24, 2.45) is 5.41 Å². The first kappa shape index (κ1) is 8.33. The molecule has 1 aliphatic rings. The molecule has 3 nitrogen and oxygen atoms in total. The Labute approximate surface area is 77.8 Å². The summed E-state index contributed by atoms with van der Waals surface area (Å²) in [6.07, 6.45) is 6.00. The predicted molar refractivity (Wildman–Crippen MR) is 49.8 cm³/mol. The van der Waals surface area contributed by atoms with Crippen LogP contribution >= 0.6 is 0 Å². The van der Waals surface area contributed by atoms with Crippen LogP contribution in [0.15, 0.2) is 18.5 Å². The molecule has 1 heterocycles. The van der Waals surface area contributed by atoms with Crippen molar-refractivity contribution < 1.29 is 0 Å². The maximum atomic E-state index is 8.82. The van der Waals surface area contributed by atoms with Gasteiger partial charge in [-0.05, 0) is 24.5 Å². The molecule has 0 radical (unpaired) electrons. The molecule has 1 aromatic heterocycles. The van der Waals surface area contributed by atoms with E-state index < -0.39 is 0 Å². The average molecular weight is 175 g/mol. The summed E-state index contributed by atoms with van der Waals surface area (Å²) in [5.74, 6) is 0. The summed E-state index contributed by atoms with van der Waals surface area (Å²) in [5.41, 5.74) is 1.21. The normalized spacial score (nSPS) is 18.1. The molecule has 1 saturated carbocycles. The highest BCUT2D eigenvalue weighted by Crippen LogP contribution is 2.44. The molecular formula is C10H13N3. The summed E-state index contributed by atoms with van der Waals surface area (Å²) >= 11 is 0. The van der Waals surface area contributed by atoms with Gasteiger partial charge in [0, 0.05) is 25.5 Å². The highest BCUT2D eigenvalue weighted by molar-refractivity contribution is 5.12. The Morgan fingerprint density at radius 3 is 3.00 bits per heavy atom. The van der Waals surface area contributed by atoms with Gasteiger partial charge in [-0.2, -0.15) is 5.26 Å². The van der Waals surface area contributed by atoms with Crippen LogP contribution in [0.4, 0.5) is 0 Å². The molecular weight excluding hydrogens is 162 g/mol. The molecule has 0 aromatic carbocycles. The van der Waals surface area contributed by atoms with Crippen molar-refractivity contribution in [3.8, 4) is 6.07 Å². The molecule has 68 valence electrons. The molecule has 0 saturated heterocycles. The van der Waals surface area contributed by atoms with E-state index in [2.05, 4.69) is 16.4 Å². The Morgan fingerprint density at radius 2 is 2.46 bits per heavy atom. The fourth-order valence-electron chi connectivity index (χ4n) is 1.39. The lowest BCUT2D eigenvalue weighted by Gasteiger charge is -2.06. The van der Waals surface area contributed by atoms with Crippen LogP contribution in [-0.4, -0.2) is 11.5 Å². The summed E-state index contributed by atoms with van der Waals surface area (Å²) in [5, 5.41) is 12.1. The van der Waals surface area contributed by atoms with Gasteiger partial charge < -0.3 is 10.3 Å². The summed E-state index contributed by atoms with van der Waals surface area (Å²) < 4.78 is 0. The Hall–Kier alpha value is -1.27. The first-order valence-electron chi connectivity index (χ1n) is 4.58. The quantitative estimate of drug-likeness (QED) is 0.727. The van der Waals surface area contributed by atoms with Crippen LogP contribution in [0.2, 0.25) is 0 Å². The zero-order valence-corrected chi connectivity index (χ0v) is 7.51. The molecule has 3 heteroatoms. The van der Waals surface area contributed by atoms with Crippen LogP contribution in [0.1, 0.15) is 18.4 Å². The van der Waals surface area contributed by atoms with Gasteiger partial charge in [0.1, 0.15) is 0 Å². The summed E-state index contributed by atoms with van der Waals surface area (Å²) in [4.78, 5) is 3.00. The minimum absolute atomic E-state index is 0.0314. The highest BCUT2D eigenvalue weighted by Gasteiger charge is 2.42. The molecule has 0 spiro atoms. The standard InChI is InChI=1S/C10H13N3/c11-7-10(2-3-10)8-13-6-9-1-4-12-5-9/h1,4-5,12-13H,2-3,6,8H2. The molecule has 0 bridgehead atoms. The van der Waals surface area contributed by atoms with Gasteiger partial charge in [-0.1, -0.05) is 0 Å². The minimum atomic E-state index is -0.0314. The molecule has 0 atom stereocenters. The largest absolute Gasteiger partial charge is 0.367 e. The van der Waals surface area contributed by atoms with Crippen LogP contribution in [0.3, 0.4) is 0 Å². The van der Waals surface area contributed by atoms with Gasteiger partial charge in [-0.3, -0.25) is 0 Å². The van der Waals surface area contributed by atoms with Crippen molar-refractivity contribution in [2.45, 2.75) is 19.4 Å². The van der Waals surface area contributed by atoms with Crippen molar-refractivity contribution in [1.29, 1.82) is 5.26 Å². The molecule has 1 fully saturated rings. The Kier molecular flexibility index (Phi) is 2.07. The van der Waals surface area contributed by atoms with E-state index >= 15 is 0 Å². The smallest absolute Gasteiger partial charge is 0.0703 e. The number of rotatable bonds is 4. The number of nitrogens with one attached hydrogen (secondary N) is 2. The Bertz CT molecular complexity index is 303. The molecule has 1 aliphatic carbocycles. The predicted octanol–water partition coefficient (Wildman–Crippen LogP) is 1.41. The first-order valence-corrected chi connectivity index (χ1v) is 4.58. The van der Waals surface area contributed by atoms with E-state index in [1.807, 2.05) is 18.5 Å². The van der Waals surface area contributed by atoms with Gasteiger partial charge in [0.2, 0.25) is 0 Å². The fraction of sp³-hybridized carbons (Fsp3) is 0.500. The zero-order valence-electron chi connectivity index (χ0n) is 7.51. The number of aromatic nitrogens is 1. The van der Waals surface area contributed by atoms with Crippen LogP contribution in [-0.2, 0) is 6.54 Å². The van der Waals surface area contributed by atoms with Crippen molar-refractivity contribution in [2.75, 3.05) is 6.54 Å². The van der Waals surface area contributed by atoms with E-state index in [1.165, 1.54) is 5.56 Å². The van der Waals surface area contributed by atoms with E-state index in [-0.39, 0.29) is 5.41 Å². The number of aromatic amines is 1. The van der Waals surface area contributed by atoms with Crippen LogP contribution in [0, 0.1) is 16.7 Å². The lowest BCUT2D eigenvalue weighted by Crippen LogP contribution is -2.22. The lowest BCUT2D eigenvalue weighted by atomic mass is 10.1. The molecule has 0 amide bonds. The highest BCUT2D eigenvalue weighted by atomic mass is 14.9. The van der Waals surface area contributed by atoms with Gasteiger partial charge in [0.25, 0.3) is 0 Å². The maximum Gasteiger partial charge on any atom is 0.0703 e. The number of H-pyrrole nitrogens is 1. The van der Waals surface area contributed by atoms with Gasteiger partial charge in [0.05, 0.1) is 11.5 Å². The molecule has 2 rings (SSSR count). The third kappa shape index (κ3) is 1.90. The lowest BCUT2D eigenvalue weighted by molar-refractivity contribution is 0.558. The number of hydrogen-bond donors (Lipinski definition) is 2. The molecule has 0 aliphatic heterocycles. The topological polar surface area (TPSA) is 51.6 Å². The third-order valence-electron chi connectivity index (χ3n) is 2.55. The Balaban J connectivity index is 1.73. The van der Waals surface area contributed by atoms with Gasteiger partial charge in [-0.15, -0.1) is 0 Å². The second-order valence-electron chi connectivity index (χ2n) is 3.71. The summed E-state index contributed by atoms with van der Waals surface area (Å²) in [6, 6.07) is 4.40. The van der Waals surface area contributed by atoms with E-state index in [1.54, 1.807) is 0 Å². The van der Waals surface area contributed by atoms with E-state index in [4.69, 9.17) is 5.26 Å². The van der Waals surface area contributed by atoms with E-state index in [0.717, 1.165) is 25.9 Å². The van der Waals surface area contributed by atoms with Crippen LogP contribution in [0.5, 0.6) is 0 Å². The van der Waals surface area contributed by atoms with E-state index in [0.29, 0.717) is 0 Å². The number of nitrogens with zero attached hydrogens (tertiary/aromatic N) is 1. The second-order valence-corrected chi connectivity index (χ2v) is 3.71. The number of hydrogen-bond acceptors (Lipinski definition) is 2. The van der Waals surface area contributed by atoms with Crippen molar-refractivity contribution in [3.63, 3.8) is 0 Å². The van der Waals surface area contributed by atoms with E-state index in [9.17, 15) is 0 Å². The Morgan fingerprint density at radius 1 is 1.62 bits per heavy atom.